The normalized spacial score (nSPS) is 21.5. The predicted molar refractivity (Wildman–Crippen MR) is 229 cm³/mol. The van der Waals surface area contributed by atoms with E-state index in [0.717, 1.165) is 88.4 Å². The number of hydrogen-bond acceptors (Lipinski definition) is 12. The summed E-state index contributed by atoms with van der Waals surface area (Å²) in [4.78, 5) is 65.3. The van der Waals surface area contributed by atoms with Crippen LogP contribution in [0.5, 0.6) is 5.75 Å². The molecule has 1 unspecified atom stereocenters. The Bertz CT molecular complexity index is 2210. The standard InChI is InChI=1S/C44H54F4N10O5/c1-55-36-24-49-43(54-39(36)58(29-5-3-4-6-29)25-44(47,48)42(55)62)52-32-8-7-27(21-37(32)63-2)40(60)50-28-14-17-56(18-15-28)16-11-26-12-19-57(20-13-26)35-23-30(45)34(22-31(35)46)51-33-9-10-38(59)53-41(33)61/h7-8,21-24,26,28-29,33,51H,3-6,9-20,25H2,1-2H3,(H,50,60)(H,49,52,54)(H,53,59,61). The molecule has 15 nitrogen and oxygen atoms in total. The van der Waals surface area contributed by atoms with Crippen LogP contribution in [0.1, 0.15) is 81.0 Å². The van der Waals surface area contributed by atoms with Gasteiger partial charge in [-0.3, -0.25) is 24.5 Å². The van der Waals surface area contributed by atoms with E-state index in [1.54, 1.807) is 23.1 Å². The molecule has 4 aliphatic heterocycles. The lowest BCUT2D eigenvalue weighted by atomic mass is 9.92. The number of nitrogens with one attached hydrogen (secondary N) is 4. The second-order valence-electron chi connectivity index (χ2n) is 17.3. The highest BCUT2D eigenvalue weighted by Gasteiger charge is 2.49. The van der Waals surface area contributed by atoms with Crippen molar-refractivity contribution >= 4 is 58.1 Å². The molecule has 1 aliphatic carbocycles. The monoisotopic (exact) mass is 878 g/mol. The molecule has 3 saturated heterocycles. The van der Waals surface area contributed by atoms with Gasteiger partial charge in [0.25, 0.3) is 11.8 Å². The highest BCUT2D eigenvalue weighted by Crippen LogP contribution is 2.40. The molecule has 4 amide bonds. The molecule has 4 fully saturated rings. The number of carbonyl (C=O) groups excluding carboxylic acids is 4. The fraction of sp³-hybridized carbons (Fsp3) is 0.545. The Hall–Kier alpha value is -5.72. The van der Waals surface area contributed by atoms with Crippen molar-refractivity contribution in [2.45, 2.75) is 94.7 Å². The third-order valence-corrected chi connectivity index (χ3v) is 13.2. The molecular weight excluding hydrogens is 825 g/mol. The Morgan fingerprint density at radius 2 is 1.67 bits per heavy atom. The molecular formula is C44H54F4N10O5. The number of benzene rings is 2. The van der Waals surface area contributed by atoms with Crippen molar-refractivity contribution in [3.05, 3.63) is 53.7 Å². The summed E-state index contributed by atoms with van der Waals surface area (Å²) in [5, 5.41) is 11.2. The van der Waals surface area contributed by atoms with E-state index in [0.29, 0.717) is 36.0 Å². The zero-order chi connectivity index (χ0) is 44.4. The number of amides is 4. The van der Waals surface area contributed by atoms with Crippen LogP contribution in [-0.2, 0) is 14.4 Å². The fourth-order valence-corrected chi connectivity index (χ4v) is 9.47. The molecule has 5 heterocycles. The number of piperidine rings is 3. The second-order valence-corrected chi connectivity index (χ2v) is 17.3. The number of ether oxygens (including phenoxy) is 1. The largest absolute Gasteiger partial charge is 0.495 e. The molecule has 3 aromatic rings. The molecule has 1 atom stereocenters. The summed E-state index contributed by atoms with van der Waals surface area (Å²) in [5.74, 6) is -6.08. The lowest BCUT2D eigenvalue weighted by molar-refractivity contribution is -0.140. The van der Waals surface area contributed by atoms with Crippen LogP contribution in [-0.4, -0.2) is 116 Å². The number of aromatic nitrogens is 2. The average molecular weight is 879 g/mol. The van der Waals surface area contributed by atoms with Gasteiger partial charge in [-0.05, 0) is 82.0 Å². The van der Waals surface area contributed by atoms with E-state index < -0.39 is 42.0 Å². The molecule has 1 aromatic heterocycles. The first-order valence-corrected chi connectivity index (χ1v) is 21.9. The summed E-state index contributed by atoms with van der Waals surface area (Å²) in [6.45, 7) is 3.01. The predicted octanol–water partition coefficient (Wildman–Crippen LogP) is 5.59. The third-order valence-electron chi connectivity index (χ3n) is 13.2. The number of carbonyl (C=O) groups is 4. The van der Waals surface area contributed by atoms with E-state index in [1.165, 1.54) is 26.4 Å². The molecule has 1 saturated carbocycles. The maximum Gasteiger partial charge on any atom is 0.342 e. The number of imide groups is 1. The Balaban J connectivity index is 0.797. The summed E-state index contributed by atoms with van der Waals surface area (Å²) >= 11 is 0. The van der Waals surface area contributed by atoms with Gasteiger partial charge in [0, 0.05) is 69.4 Å². The van der Waals surface area contributed by atoms with E-state index in [-0.39, 0.29) is 65.6 Å². The molecule has 8 rings (SSSR count). The lowest BCUT2D eigenvalue weighted by Gasteiger charge is -2.36. The number of rotatable bonds is 12. The molecule has 338 valence electrons. The van der Waals surface area contributed by atoms with Gasteiger partial charge < -0.3 is 40.3 Å². The fourth-order valence-electron chi connectivity index (χ4n) is 9.47. The quantitative estimate of drug-likeness (QED) is 0.132. The molecule has 2 aromatic carbocycles. The van der Waals surface area contributed by atoms with Gasteiger partial charge in [0.1, 0.15) is 29.1 Å². The van der Waals surface area contributed by atoms with Crippen LogP contribution < -0.4 is 40.7 Å². The van der Waals surface area contributed by atoms with Crippen molar-refractivity contribution in [1.82, 2.24) is 25.5 Å². The number of methoxy groups -OCH3 is 1. The van der Waals surface area contributed by atoms with Gasteiger partial charge in [-0.2, -0.15) is 13.8 Å². The summed E-state index contributed by atoms with van der Waals surface area (Å²) in [5.41, 5.74) is 1.18. The SMILES string of the molecule is COc1cc(C(=O)NC2CCN(CCC3CCN(c4cc(F)c(NC5CCC(=O)NC5=O)cc4F)CC3)CC2)ccc1Nc1ncc2c(n1)N(C1CCCC1)CC(F)(F)C(=O)N2C. The van der Waals surface area contributed by atoms with E-state index >= 15 is 17.6 Å². The molecule has 0 radical (unpaired) electrons. The van der Waals surface area contributed by atoms with Crippen molar-refractivity contribution < 1.29 is 41.5 Å². The lowest BCUT2D eigenvalue weighted by Crippen LogP contribution is -2.48. The van der Waals surface area contributed by atoms with E-state index in [1.807, 2.05) is 4.90 Å². The molecule has 0 bridgehead atoms. The van der Waals surface area contributed by atoms with Crippen LogP contribution in [0.3, 0.4) is 0 Å². The van der Waals surface area contributed by atoms with Crippen LogP contribution in [0.15, 0.2) is 36.5 Å². The number of hydrogen-bond donors (Lipinski definition) is 4. The van der Waals surface area contributed by atoms with Crippen molar-refractivity contribution in [2.24, 2.45) is 5.92 Å². The van der Waals surface area contributed by atoms with Crippen molar-refractivity contribution in [3.63, 3.8) is 0 Å². The number of nitrogens with zero attached hydrogens (tertiary/aromatic N) is 6. The van der Waals surface area contributed by atoms with Crippen LogP contribution in [0, 0.1) is 17.6 Å². The van der Waals surface area contributed by atoms with Crippen molar-refractivity contribution in [3.8, 4) is 5.75 Å². The van der Waals surface area contributed by atoms with Gasteiger partial charge in [0.05, 0.1) is 36.9 Å². The molecule has 19 heteroatoms. The minimum absolute atomic E-state index is 0.00475. The van der Waals surface area contributed by atoms with Gasteiger partial charge in [0.15, 0.2) is 5.82 Å². The number of fused-ring (bicyclic) bond motifs is 1. The minimum Gasteiger partial charge on any atom is -0.495 e. The average Bonchev–Trinajstić information content (AvgIpc) is 3.80. The number of likely N-dealkylation sites (tertiary alicyclic amines) is 1. The molecule has 4 N–H and O–H groups in total. The maximum absolute atomic E-state index is 15.2. The van der Waals surface area contributed by atoms with Crippen LogP contribution in [0.25, 0.3) is 0 Å². The number of halogens is 4. The number of alkyl halides is 2. The highest BCUT2D eigenvalue weighted by atomic mass is 19.3. The van der Waals surface area contributed by atoms with Crippen LogP contribution in [0.4, 0.5) is 52.1 Å². The van der Waals surface area contributed by atoms with Gasteiger partial charge in [-0.15, -0.1) is 0 Å². The van der Waals surface area contributed by atoms with Gasteiger partial charge in [0.2, 0.25) is 17.8 Å². The Morgan fingerprint density at radius 3 is 2.38 bits per heavy atom. The minimum atomic E-state index is -3.59. The summed E-state index contributed by atoms with van der Waals surface area (Å²) in [7, 11) is 2.79. The van der Waals surface area contributed by atoms with Crippen LogP contribution in [0.2, 0.25) is 0 Å². The summed E-state index contributed by atoms with van der Waals surface area (Å²) in [6, 6.07) is 6.25. The Labute approximate surface area is 363 Å². The summed E-state index contributed by atoms with van der Waals surface area (Å²) in [6.07, 6.45) is 9.25. The van der Waals surface area contributed by atoms with Crippen molar-refractivity contribution in [2.75, 3.05) is 78.8 Å². The van der Waals surface area contributed by atoms with Gasteiger partial charge in [-0.1, -0.05) is 12.8 Å². The topological polar surface area (TPSA) is 164 Å². The van der Waals surface area contributed by atoms with Crippen molar-refractivity contribution in [1.29, 1.82) is 0 Å². The first kappa shape index (κ1) is 43.9. The third kappa shape index (κ3) is 9.77. The second kappa shape index (κ2) is 18.6. The van der Waals surface area contributed by atoms with E-state index in [9.17, 15) is 19.2 Å². The number of anilines is 6. The smallest absolute Gasteiger partial charge is 0.342 e. The Kier molecular flexibility index (Phi) is 12.9. The van der Waals surface area contributed by atoms with Crippen LogP contribution >= 0.6 is 0 Å². The molecule has 5 aliphatic rings. The van der Waals surface area contributed by atoms with Gasteiger partial charge in [-0.25, -0.2) is 13.8 Å². The highest BCUT2D eigenvalue weighted by molar-refractivity contribution is 6.02. The Morgan fingerprint density at radius 1 is 0.921 bits per heavy atom. The van der Waals surface area contributed by atoms with E-state index in [2.05, 4.69) is 36.1 Å². The summed E-state index contributed by atoms with van der Waals surface area (Å²) < 4.78 is 66.0. The first-order chi connectivity index (χ1) is 30.3. The zero-order valence-electron chi connectivity index (χ0n) is 35.5. The van der Waals surface area contributed by atoms with E-state index in [4.69, 9.17) is 4.74 Å². The zero-order valence-corrected chi connectivity index (χ0v) is 35.5. The van der Waals surface area contributed by atoms with Gasteiger partial charge >= 0.3 is 5.92 Å². The molecule has 0 spiro atoms. The first-order valence-electron chi connectivity index (χ1n) is 21.9. The maximum atomic E-state index is 15.2. The molecule has 63 heavy (non-hydrogen) atoms.